The van der Waals surface area contributed by atoms with E-state index in [0.29, 0.717) is 18.7 Å². The lowest BCUT2D eigenvalue weighted by atomic mass is 10.1. The fourth-order valence-electron chi connectivity index (χ4n) is 2.08. The standard InChI is InChI=1S/C18H21NO5/c1-12-4-9-16(23-12)18(21)24-13(2)17(20)19-11-10-14-5-7-15(22-3)8-6-14/h4-9,13H,10-11H2,1-3H3,(H,19,20)/t13-/m0/s1. The lowest BCUT2D eigenvalue weighted by molar-refractivity contribution is -0.129. The number of carbonyl (C=O) groups is 2. The van der Waals surface area contributed by atoms with Crippen LogP contribution in [0.3, 0.4) is 0 Å². The smallest absolute Gasteiger partial charge is 0.375 e. The third-order valence-electron chi connectivity index (χ3n) is 3.47. The molecule has 0 saturated carbocycles. The minimum Gasteiger partial charge on any atom is -0.497 e. The molecule has 2 rings (SSSR count). The average molecular weight is 331 g/mol. The van der Waals surface area contributed by atoms with Crippen molar-refractivity contribution in [3.63, 3.8) is 0 Å². The maximum atomic E-state index is 12.0. The molecule has 0 unspecified atom stereocenters. The number of benzene rings is 1. The minimum atomic E-state index is -0.890. The molecule has 1 N–H and O–H groups in total. The van der Waals surface area contributed by atoms with Crippen LogP contribution in [0.2, 0.25) is 0 Å². The van der Waals surface area contributed by atoms with Crippen molar-refractivity contribution in [3.8, 4) is 5.75 Å². The van der Waals surface area contributed by atoms with Crippen LogP contribution in [0.25, 0.3) is 0 Å². The zero-order valence-electron chi connectivity index (χ0n) is 14.0. The molecule has 6 heteroatoms. The van der Waals surface area contributed by atoms with Crippen molar-refractivity contribution < 1.29 is 23.5 Å². The van der Waals surface area contributed by atoms with E-state index in [9.17, 15) is 9.59 Å². The van der Waals surface area contributed by atoms with E-state index >= 15 is 0 Å². The number of furan rings is 1. The van der Waals surface area contributed by atoms with E-state index in [1.54, 1.807) is 20.1 Å². The Morgan fingerprint density at radius 2 is 1.88 bits per heavy atom. The quantitative estimate of drug-likeness (QED) is 0.789. The molecule has 0 saturated heterocycles. The maximum Gasteiger partial charge on any atom is 0.375 e. The fourth-order valence-corrected chi connectivity index (χ4v) is 2.08. The van der Waals surface area contributed by atoms with E-state index in [0.717, 1.165) is 11.3 Å². The summed E-state index contributed by atoms with van der Waals surface area (Å²) >= 11 is 0. The summed E-state index contributed by atoms with van der Waals surface area (Å²) in [5.41, 5.74) is 1.08. The van der Waals surface area contributed by atoms with Gasteiger partial charge in [-0.25, -0.2) is 4.79 Å². The predicted molar refractivity (Wildman–Crippen MR) is 88.0 cm³/mol. The Bertz CT molecular complexity index is 690. The number of nitrogens with one attached hydrogen (secondary N) is 1. The second kappa shape index (κ2) is 8.19. The van der Waals surface area contributed by atoms with Gasteiger partial charge in [-0.2, -0.15) is 0 Å². The first kappa shape index (κ1) is 17.6. The molecule has 0 aliphatic rings. The molecule has 0 radical (unpaired) electrons. The van der Waals surface area contributed by atoms with Crippen molar-refractivity contribution in [1.29, 1.82) is 0 Å². The molecule has 2 aromatic rings. The zero-order chi connectivity index (χ0) is 17.5. The number of esters is 1. The normalized spacial score (nSPS) is 11.6. The molecular weight excluding hydrogens is 310 g/mol. The molecule has 0 aliphatic heterocycles. The van der Waals surface area contributed by atoms with Gasteiger partial charge in [-0.1, -0.05) is 12.1 Å². The van der Waals surface area contributed by atoms with Crippen LogP contribution in [-0.4, -0.2) is 31.6 Å². The highest BCUT2D eigenvalue weighted by Gasteiger charge is 2.20. The Labute approximate surface area is 140 Å². The summed E-state index contributed by atoms with van der Waals surface area (Å²) in [7, 11) is 1.61. The molecule has 128 valence electrons. The van der Waals surface area contributed by atoms with Gasteiger partial charge in [-0.3, -0.25) is 4.79 Å². The molecule has 0 aliphatic carbocycles. The molecule has 1 aromatic heterocycles. The third kappa shape index (κ3) is 4.87. The Morgan fingerprint density at radius 3 is 2.46 bits per heavy atom. The summed E-state index contributed by atoms with van der Waals surface area (Å²) in [6.07, 6.45) is -0.216. The van der Waals surface area contributed by atoms with Gasteiger partial charge in [0.25, 0.3) is 5.91 Å². The first-order valence-electron chi connectivity index (χ1n) is 7.67. The summed E-state index contributed by atoms with van der Waals surface area (Å²) in [5, 5.41) is 2.74. The zero-order valence-corrected chi connectivity index (χ0v) is 14.0. The topological polar surface area (TPSA) is 77.8 Å². The van der Waals surface area contributed by atoms with Gasteiger partial charge in [0.15, 0.2) is 6.10 Å². The number of rotatable bonds is 7. The van der Waals surface area contributed by atoms with Crippen molar-refractivity contribution >= 4 is 11.9 Å². The van der Waals surface area contributed by atoms with E-state index in [1.165, 1.54) is 13.0 Å². The van der Waals surface area contributed by atoms with Crippen LogP contribution in [-0.2, 0) is 16.0 Å². The maximum absolute atomic E-state index is 12.0. The number of hydrogen-bond donors (Lipinski definition) is 1. The summed E-state index contributed by atoms with van der Waals surface area (Å²) in [6, 6.07) is 10.8. The van der Waals surface area contributed by atoms with Gasteiger partial charge in [0.05, 0.1) is 7.11 Å². The predicted octanol–water partition coefficient (Wildman–Crippen LogP) is 2.50. The number of aryl methyl sites for hydroxylation is 1. The Balaban J connectivity index is 1.75. The number of ether oxygens (including phenoxy) is 2. The van der Waals surface area contributed by atoms with Crippen molar-refractivity contribution in [2.75, 3.05) is 13.7 Å². The first-order valence-corrected chi connectivity index (χ1v) is 7.67. The van der Waals surface area contributed by atoms with Gasteiger partial charge < -0.3 is 19.2 Å². The molecular formula is C18H21NO5. The van der Waals surface area contributed by atoms with Gasteiger partial charge in [-0.15, -0.1) is 0 Å². The largest absolute Gasteiger partial charge is 0.497 e. The van der Waals surface area contributed by atoms with Crippen molar-refractivity contribution in [1.82, 2.24) is 5.32 Å². The van der Waals surface area contributed by atoms with Crippen molar-refractivity contribution in [3.05, 3.63) is 53.5 Å². The Morgan fingerprint density at radius 1 is 1.17 bits per heavy atom. The molecule has 1 aromatic carbocycles. The molecule has 1 atom stereocenters. The lowest BCUT2D eigenvalue weighted by Gasteiger charge is -2.12. The summed E-state index contributed by atoms with van der Waals surface area (Å²) in [4.78, 5) is 23.8. The third-order valence-corrected chi connectivity index (χ3v) is 3.47. The lowest BCUT2D eigenvalue weighted by Crippen LogP contribution is -2.36. The fraction of sp³-hybridized carbons (Fsp3) is 0.333. The highest BCUT2D eigenvalue weighted by molar-refractivity contribution is 5.90. The molecule has 0 spiro atoms. The van der Waals surface area contributed by atoms with Crippen LogP contribution in [0, 0.1) is 6.92 Å². The number of carbonyl (C=O) groups excluding carboxylic acids is 2. The summed E-state index contributed by atoms with van der Waals surface area (Å²) < 4.78 is 15.3. The highest BCUT2D eigenvalue weighted by atomic mass is 16.6. The minimum absolute atomic E-state index is 0.0883. The first-order chi connectivity index (χ1) is 11.5. The van der Waals surface area contributed by atoms with Gasteiger partial charge >= 0.3 is 5.97 Å². The number of methoxy groups -OCH3 is 1. The van der Waals surface area contributed by atoms with E-state index < -0.39 is 12.1 Å². The van der Waals surface area contributed by atoms with Crippen LogP contribution < -0.4 is 10.1 Å². The van der Waals surface area contributed by atoms with Gasteiger partial charge in [0.1, 0.15) is 11.5 Å². The average Bonchev–Trinajstić information content (AvgIpc) is 3.02. The molecule has 0 fully saturated rings. The Hall–Kier alpha value is -2.76. The van der Waals surface area contributed by atoms with Crippen LogP contribution in [0.1, 0.15) is 28.8 Å². The van der Waals surface area contributed by atoms with Crippen LogP contribution in [0.4, 0.5) is 0 Å². The van der Waals surface area contributed by atoms with E-state index in [2.05, 4.69) is 5.32 Å². The molecule has 1 heterocycles. The highest BCUT2D eigenvalue weighted by Crippen LogP contribution is 2.11. The van der Waals surface area contributed by atoms with E-state index in [1.807, 2.05) is 24.3 Å². The van der Waals surface area contributed by atoms with Gasteiger partial charge in [0, 0.05) is 6.54 Å². The van der Waals surface area contributed by atoms with E-state index in [4.69, 9.17) is 13.9 Å². The SMILES string of the molecule is COc1ccc(CCNC(=O)[C@H](C)OC(=O)c2ccc(C)o2)cc1. The van der Waals surface area contributed by atoms with Gasteiger partial charge in [0.2, 0.25) is 5.76 Å². The summed E-state index contributed by atoms with van der Waals surface area (Å²) in [6.45, 7) is 3.70. The Kier molecular flexibility index (Phi) is 6.01. The molecule has 24 heavy (non-hydrogen) atoms. The second-order valence-electron chi connectivity index (χ2n) is 5.35. The van der Waals surface area contributed by atoms with Crippen LogP contribution >= 0.6 is 0 Å². The summed E-state index contributed by atoms with van der Waals surface area (Å²) in [5.74, 6) is 0.487. The van der Waals surface area contributed by atoms with E-state index in [-0.39, 0.29) is 11.7 Å². The molecule has 0 bridgehead atoms. The van der Waals surface area contributed by atoms with Crippen LogP contribution in [0.15, 0.2) is 40.8 Å². The second-order valence-corrected chi connectivity index (χ2v) is 5.35. The van der Waals surface area contributed by atoms with Crippen molar-refractivity contribution in [2.24, 2.45) is 0 Å². The van der Waals surface area contributed by atoms with Gasteiger partial charge in [-0.05, 0) is 50.1 Å². The van der Waals surface area contributed by atoms with Crippen molar-refractivity contribution in [2.45, 2.75) is 26.4 Å². The monoisotopic (exact) mass is 331 g/mol. The van der Waals surface area contributed by atoms with Crippen LogP contribution in [0.5, 0.6) is 5.75 Å². The molecule has 6 nitrogen and oxygen atoms in total. The number of amides is 1. The number of hydrogen-bond acceptors (Lipinski definition) is 5. The molecule has 1 amide bonds.